The molecular weight excluding hydrogens is 280 g/mol. The minimum absolute atomic E-state index is 0.0473. The summed E-state index contributed by atoms with van der Waals surface area (Å²) in [5, 5.41) is 12.2. The molecule has 0 aliphatic carbocycles. The van der Waals surface area contributed by atoms with Crippen LogP contribution in [0.2, 0.25) is 0 Å². The summed E-state index contributed by atoms with van der Waals surface area (Å²) in [6.45, 7) is 1.54. The number of aromatic nitrogens is 4. The maximum absolute atomic E-state index is 8.80. The van der Waals surface area contributed by atoms with Crippen molar-refractivity contribution >= 4 is 5.82 Å². The van der Waals surface area contributed by atoms with Crippen LogP contribution in [0.5, 0.6) is 0 Å². The fourth-order valence-corrected chi connectivity index (χ4v) is 2.74. The van der Waals surface area contributed by atoms with Crippen molar-refractivity contribution in [2.24, 2.45) is 13.0 Å². The smallest absolute Gasteiger partial charge is 0.158 e. The Morgan fingerprint density at radius 3 is 2.73 bits per heavy atom. The largest absolute Gasteiger partial charge is 0.381 e. The maximum atomic E-state index is 8.80. The average Bonchev–Trinajstić information content (AvgIpc) is 3.00. The molecule has 1 aliphatic rings. The van der Waals surface area contributed by atoms with Gasteiger partial charge in [0.05, 0.1) is 18.4 Å². The minimum atomic E-state index is 0.0473. The highest BCUT2D eigenvalue weighted by molar-refractivity contribution is 5.36. The Labute approximate surface area is 129 Å². The molecule has 0 radical (unpaired) electrons. The standard InChI is InChI=1S/C15H18N6O/c1-21-5-4-17-15(21)14(11-2-6-22-7-3-11)20-13-10-18-12(8-16)9-19-13/h4-5,9-11,14H,2-3,6-7H2,1H3,(H,19,20)/t14-/m1/s1. The Morgan fingerprint density at radius 1 is 1.32 bits per heavy atom. The van der Waals surface area contributed by atoms with Crippen molar-refractivity contribution in [3.63, 3.8) is 0 Å². The van der Waals surface area contributed by atoms with Crippen LogP contribution in [0.3, 0.4) is 0 Å². The SMILES string of the molecule is Cn1ccnc1[C@H](Nc1cnc(C#N)cn1)C1CCOCC1. The second-order valence-corrected chi connectivity index (χ2v) is 5.37. The van der Waals surface area contributed by atoms with Gasteiger partial charge in [-0.25, -0.2) is 15.0 Å². The molecule has 114 valence electrons. The summed E-state index contributed by atoms with van der Waals surface area (Å²) in [7, 11) is 1.99. The van der Waals surface area contributed by atoms with Gasteiger partial charge in [-0.2, -0.15) is 5.26 Å². The van der Waals surface area contributed by atoms with Gasteiger partial charge in [-0.1, -0.05) is 0 Å². The van der Waals surface area contributed by atoms with Crippen molar-refractivity contribution in [1.29, 1.82) is 5.26 Å². The molecule has 22 heavy (non-hydrogen) atoms. The number of nitrogens with one attached hydrogen (secondary N) is 1. The van der Waals surface area contributed by atoms with Gasteiger partial charge in [-0.15, -0.1) is 0 Å². The normalized spacial score (nSPS) is 16.9. The first kappa shape index (κ1) is 14.5. The van der Waals surface area contributed by atoms with Gasteiger partial charge < -0.3 is 14.6 Å². The number of hydrogen-bond donors (Lipinski definition) is 1. The molecule has 0 bridgehead atoms. The van der Waals surface area contributed by atoms with E-state index in [1.54, 1.807) is 12.4 Å². The lowest BCUT2D eigenvalue weighted by Gasteiger charge is -2.30. The van der Waals surface area contributed by atoms with Crippen LogP contribution in [-0.4, -0.2) is 32.7 Å². The number of aryl methyl sites for hydroxylation is 1. The van der Waals surface area contributed by atoms with E-state index in [1.165, 1.54) is 6.20 Å². The molecular formula is C15H18N6O. The van der Waals surface area contributed by atoms with E-state index >= 15 is 0 Å². The van der Waals surface area contributed by atoms with Crippen molar-refractivity contribution in [3.8, 4) is 6.07 Å². The van der Waals surface area contributed by atoms with E-state index in [4.69, 9.17) is 10.00 Å². The van der Waals surface area contributed by atoms with Gasteiger partial charge >= 0.3 is 0 Å². The first-order chi connectivity index (χ1) is 10.8. The fraction of sp³-hybridized carbons (Fsp3) is 0.467. The summed E-state index contributed by atoms with van der Waals surface area (Å²) in [4.78, 5) is 12.8. The zero-order valence-corrected chi connectivity index (χ0v) is 12.4. The van der Waals surface area contributed by atoms with E-state index in [9.17, 15) is 0 Å². The number of imidazole rings is 1. The first-order valence-electron chi connectivity index (χ1n) is 7.31. The van der Waals surface area contributed by atoms with E-state index < -0.39 is 0 Å². The van der Waals surface area contributed by atoms with E-state index in [0.29, 0.717) is 17.4 Å². The fourth-order valence-electron chi connectivity index (χ4n) is 2.74. The number of anilines is 1. The van der Waals surface area contributed by atoms with Crippen molar-refractivity contribution in [1.82, 2.24) is 19.5 Å². The third-order valence-electron chi connectivity index (χ3n) is 3.94. The predicted octanol–water partition coefficient (Wildman–Crippen LogP) is 1.66. The molecule has 7 heteroatoms. The zero-order chi connectivity index (χ0) is 15.4. The molecule has 3 rings (SSSR count). The number of ether oxygens (including phenoxy) is 1. The van der Waals surface area contributed by atoms with E-state index in [2.05, 4.69) is 20.3 Å². The molecule has 1 N–H and O–H groups in total. The highest BCUT2D eigenvalue weighted by Gasteiger charge is 2.28. The summed E-state index contributed by atoms with van der Waals surface area (Å²) < 4.78 is 7.48. The lowest BCUT2D eigenvalue weighted by molar-refractivity contribution is 0.0594. The van der Waals surface area contributed by atoms with Crippen LogP contribution in [0.25, 0.3) is 0 Å². The number of nitrogens with zero attached hydrogens (tertiary/aromatic N) is 5. The molecule has 0 saturated carbocycles. The topological polar surface area (TPSA) is 88.7 Å². The van der Waals surface area contributed by atoms with Gasteiger partial charge in [-0.3, -0.25) is 0 Å². The van der Waals surface area contributed by atoms with Crippen LogP contribution in [0.1, 0.15) is 30.4 Å². The lowest BCUT2D eigenvalue weighted by Crippen LogP contribution is -2.29. The molecule has 0 spiro atoms. The van der Waals surface area contributed by atoms with Gasteiger partial charge in [0, 0.05) is 32.7 Å². The highest BCUT2D eigenvalue weighted by atomic mass is 16.5. The number of hydrogen-bond acceptors (Lipinski definition) is 6. The lowest BCUT2D eigenvalue weighted by atomic mass is 9.91. The Kier molecular flexibility index (Phi) is 4.30. The van der Waals surface area contributed by atoms with Crippen LogP contribution < -0.4 is 5.32 Å². The third-order valence-corrected chi connectivity index (χ3v) is 3.94. The summed E-state index contributed by atoms with van der Waals surface area (Å²) in [5.41, 5.74) is 0.310. The molecule has 0 aromatic carbocycles. The minimum Gasteiger partial charge on any atom is -0.381 e. The van der Waals surface area contributed by atoms with Gasteiger partial charge in [0.25, 0.3) is 0 Å². The molecule has 0 unspecified atom stereocenters. The molecule has 1 saturated heterocycles. The van der Waals surface area contributed by atoms with Gasteiger partial charge in [0.15, 0.2) is 5.69 Å². The monoisotopic (exact) mass is 298 g/mol. The van der Waals surface area contributed by atoms with Gasteiger partial charge in [-0.05, 0) is 18.8 Å². The summed E-state index contributed by atoms with van der Waals surface area (Å²) in [6, 6.07) is 2.02. The van der Waals surface area contributed by atoms with E-state index in [1.807, 2.05) is 23.9 Å². The third kappa shape index (κ3) is 3.07. The molecule has 0 amide bonds. The zero-order valence-electron chi connectivity index (χ0n) is 12.4. The van der Waals surface area contributed by atoms with Gasteiger partial charge in [0.2, 0.25) is 0 Å². The Hall–Kier alpha value is -2.46. The molecule has 2 aromatic rings. The van der Waals surface area contributed by atoms with E-state index in [0.717, 1.165) is 31.9 Å². The molecule has 2 aromatic heterocycles. The summed E-state index contributed by atoms with van der Waals surface area (Å²) >= 11 is 0. The van der Waals surface area contributed by atoms with Crippen LogP contribution >= 0.6 is 0 Å². The van der Waals surface area contributed by atoms with Crippen molar-refractivity contribution in [2.45, 2.75) is 18.9 Å². The summed E-state index contributed by atoms with van der Waals surface area (Å²) in [6.07, 6.45) is 8.76. The predicted molar refractivity (Wildman–Crippen MR) is 79.9 cm³/mol. The second kappa shape index (κ2) is 6.54. The van der Waals surface area contributed by atoms with Crippen molar-refractivity contribution in [3.05, 3.63) is 36.3 Å². The molecule has 1 atom stereocenters. The second-order valence-electron chi connectivity index (χ2n) is 5.37. The first-order valence-corrected chi connectivity index (χ1v) is 7.31. The van der Waals surface area contributed by atoms with Gasteiger partial charge in [0.1, 0.15) is 17.7 Å². The Bertz CT molecular complexity index is 653. The summed E-state index contributed by atoms with van der Waals surface area (Å²) in [5.74, 6) is 2.05. The Balaban J connectivity index is 1.84. The Morgan fingerprint density at radius 2 is 2.14 bits per heavy atom. The van der Waals surface area contributed by atoms with Crippen LogP contribution in [0, 0.1) is 17.2 Å². The molecule has 1 fully saturated rings. The molecule has 3 heterocycles. The molecule has 7 nitrogen and oxygen atoms in total. The van der Waals surface area contributed by atoms with E-state index in [-0.39, 0.29) is 6.04 Å². The quantitative estimate of drug-likeness (QED) is 0.923. The van der Waals surface area contributed by atoms with Crippen molar-refractivity contribution in [2.75, 3.05) is 18.5 Å². The number of nitriles is 1. The van der Waals surface area contributed by atoms with Crippen molar-refractivity contribution < 1.29 is 4.74 Å². The average molecular weight is 298 g/mol. The van der Waals surface area contributed by atoms with Crippen LogP contribution in [-0.2, 0) is 11.8 Å². The van der Waals surface area contributed by atoms with Crippen LogP contribution in [0.15, 0.2) is 24.8 Å². The van der Waals surface area contributed by atoms with Crippen LogP contribution in [0.4, 0.5) is 5.82 Å². The highest BCUT2D eigenvalue weighted by Crippen LogP contribution is 2.31. The number of rotatable bonds is 4. The maximum Gasteiger partial charge on any atom is 0.158 e. The molecule has 1 aliphatic heterocycles.